The molecule has 2 N–H and O–H groups in total. The number of benzene rings is 1. The van der Waals surface area contributed by atoms with E-state index in [1.54, 1.807) is 0 Å². The lowest BCUT2D eigenvalue weighted by Gasteiger charge is -2.34. The van der Waals surface area contributed by atoms with Crippen molar-refractivity contribution in [3.05, 3.63) is 35.4 Å². The number of unbranched alkanes of at least 4 members (excludes halogenated alkanes) is 1. The monoisotopic (exact) mass is 381 g/mol. The number of rotatable bonds is 9. The van der Waals surface area contributed by atoms with Gasteiger partial charge in [-0.3, -0.25) is 0 Å². The van der Waals surface area contributed by atoms with Gasteiger partial charge in [0.05, 0.1) is 6.54 Å². The van der Waals surface area contributed by atoms with Crippen LogP contribution in [0.3, 0.4) is 0 Å². The Morgan fingerprint density at radius 2 is 1.78 bits per heavy atom. The summed E-state index contributed by atoms with van der Waals surface area (Å²) in [5.41, 5.74) is 0.262. The summed E-state index contributed by atoms with van der Waals surface area (Å²) in [4.78, 5) is 9.37. The third-order valence-electron chi connectivity index (χ3n) is 4.87. The summed E-state index contributed by atoms with van der Waals surface area (Å²) in [6.07, 6.45) is 2.18. The lowest BCUT2D eigenvalue weighted by molar-refractivity contribution is 0.136. The van der Waals surface area contributed by atoms with Gasteiger partial charge < -0.3 is 20.4 Å². The Balaban J connectivity index is 1.69. The van der Waals surface area contributed by atoms with Gasteiger partial charge in [0.2, 0.25) is 0 Å². The molecule has 27 heavy (non-hydrogen) atoms. The van der Waals surface area contributed by atoms with E-state index in [1.165, 1.54) is 19.2 Å². The van der Waals surface area contributed by atoms with Crippen LogP contribution in [0.1, 0.15) is 32.3 Å². The molecule has 7 heteroatoms. The predicted octanol–water partition coefficient (Wildman–Crippen LogP) is 2.44. The molecular formula is C20H33F2N5. The SMILES string of the molecule is CCNC(=NCc1cc(F)ccc1F)NCCCCN1CCN(CC)CC1. The summed E-state index contributed by atoms with van der Waals surface area (Å²) >= 11 is 0. The van der Waals surface area contributed by atoms with Crippen molar-refractivity contribution in [2.24, 2.45) is 4.99 Å². The van der Waals surface area contributed by atoms with Crippen LogP contribution in [0, 0.1) is 11.6 Å². The largest absolute Gasteiger partial charge is 0.357 e. The fourth-order valence-corrected chi connectivity index (χ4v) is 3.17. The Kier molecular flexibility index (Phi) is 9.48. The fraction of sp³-hybridized carbons (Fsp3) is 0.650. The lowest BCUT2D eigenvalue weighted by Crippen LogP contribution is -2.46. The van der Waals surface area contributed by atoms with E-state index in [0.717, 1.165) is 64.2 Å². The van der Waals surface area contributed by atoms with E-state index in [1.807, 2.05) is 6.92 Å². The summed E-state index contributed by atoms with van der Waals surface area (Å²) in [6, 6.07) is 3.45. The van der Waals surface area contributed by atoms with Gasteiger partial charge in [0.15, 0.2) is 5.96 Å². The smallest absolute Gasteiger partial charge is 0.191 e. The van der Waals surface area contributed by atoms with Crippen molar-refractivity contribution >= 4 is 5.96 Å². The van der Waals surface area contributed by atoms with Gasteiger partial charge in [-0.15, -0.1) is 0 Å². The van der Waals surface area contributed by atoms with Crippen molar-refractivity contribution < 1.29 is 8.78 Å². The second-order valence-corrected chi connectivity index (χ2v) is 6.84. The molecule has 1 aromatic rings. The molecule has 152 valence electrons. The maximum absolute atomic E-state index is 13.7. The Morgan fingerprint density at radius 3 is 2.48 bits per heavy atom. The molecule has 1 aliphatic heterocycles. The van der Waals surface area contributed by atoms with Crippen LogP contribution in [-0.4, -0.2) is 68.1 Å². The fourth-order valence-electron chi connectivity index (χ4n) is 3.17. The average molecular weight is 382 g/mol. The minimum atomic E-state index is -0.445. The Hall–Kier alpha value is -1.73. The van der Waals surface area contributed by atoms with Crippen LogP contribution < -0.4 is 10.6 Å². The standard InChI is InChI=1S/C20H33F2N5/c1-3-23-20(25-16-17-15-18(21)7-8-19(17)22)24-9-5-6-10-27-13-11-26(4-2)12-14-27/h7-8,15H,3-6,9-14,16H2,1-2H3,(H2,23,24,25). The highest BCUT2D eigenvalue weighted by atomic mass is 19.1. The molecule has 0 unspecified atom stereocenters. The highest BCUT2D eigenvalue weighted by Gasteiger charge is 2.14. The number of halogens is 2. The van der Waals surface area contributed by atoms with E-state index in [0.29, 0.717) is 5.96 Å². The lowest BCUT2D eigenvalue weighted by atomic mass is 10.2. The van der Waals surface area contributed by atoms with E-state index in [4.69, 9.17) is 0 Å². The first-order valence-corrected chi connectivity index (χ1v) is 10.0. The summed E-state index contributed by atoms with van der Waals surface area (Å²) in [7, 11) is 0. The minimum Gasteiger partial charge on any atom is -0.357 e. The molecule has 0 bridgehead atoms. The Labute approximate surface area is 161 Å². The van der Waals surface area contributed by atoms with Gasteiger partial charge >= 0.3 is 0 Å². The van der Waals surface area contributed by atoms with Gasteiger partial charge in [-0.05, 0) is 51.1 Å². The first-order valence-electron chi connectivity index (χ1n) is 10.0. The molecule has 5 nitrogen and oxygen atoms in total. The minimum absolute atomic E-state index is 0.112. The molecule has 0 saturated carbocycles. The topological polar surface area (TPSA) is 42.9 Å². The average Bonchev–Trinajstić information content (AvgIpc) is 2.68. The number of nitrogens with one attached hydrogen (secondary N) is 2. The molecule has 1 heterocycles. The quantitative estimate of drug-likeness (QED) is 0.392. The van der Waals surface area contributed by atoms with Crippen molar-refractivity contribution in [3.8, 4) is 0 Å². The number of nitrogens with zero attached hydrogens (tertiary/aromatic N) is 3. The van der Waals surface area contributed by atoms with Crippen LogP contribution in [0.2, 0.25) is 0 Å². The zero-order chi connectivity index (χ0) is 19.5. The molecule has 1 aromatic carbocycles. The third kappa shape index (κ3) is 7.81. The van der Waals surface area contributed by atoms with Gasteiger partial charge in [-0.2, -0.15) is 0 Å². The van der Waals surface area contributed by atoms with Crippen LogP contribution in [0.4, 0.5) is 8.78 Å². The maximum atomic E-state index is 13.7. The van der Waals surface area contributed by atoms with Gasteiger partial charge in [0, 0.05) is 44.8 Å². The second kappa shape index (κ2) is 11.9. The number of piperazine rings is 1. The summed E-state index contributed by atoms with van der Waals surface area (Å²) in [5, 5.41) is 6.42. The number of guanidine groups is 1. The highest BCUT2D eigenvalue weighted by molar-refractivity contribution is 5.79. The van der Waals surface area contributed by atoms with Crippen molar-refractivity contribution in [1.29, 1.82) is 0 Å². The highest BCUT2D eigenvalue weighted by Crippen LogP contribution is 2.10. The van der Waals surface area contributed by atoms with Crippen LogP contribution in [0.25, 0.3) is 0 Å². The van der Waals surface area contributed by atoms with E-state index in [-0.39, 0.29) is 12.1 Å². The van der Waals surface area contributed by atoms with Crippen LogP contribution in [0.15, 0.2) is 23.2 Å². The predicted molar refractivity (Wildman–Crippen MR) is 107 cm³/mol. The molecule has 0 aliphatic carbocycles. The molecular weight excluding hydrogens is 348 g/mol. The molecule has 1 fully saturated rings. The van der Waals surface area contributed by atoms with Gasteiger partial charge in [-0.25, -0.2) is 13.8 Å². The molecule has 0 aromatic heterocycles. The number of hydrogen-bond acceptors (Lipinski definition) is 3. The molecule has 0 radical (unpaired) electrons. The second-order valence-electron chi connectivity index (χ2n) is 6.84. The molecule has 1 aliphatic rings. The summed E-state index contributed by atoms with van der Waals surface area (Å²) in [6.45, 7) is 12.8. The molecule has 1 saturated heterocycles. The van der Waals surface area contributed by atoms with Gasteiger partial charge in [0.25, 0.3) is 0 Å². The normalized spacial score (nSPS) is 16.5. The first-order chi connectivity index (χ1) is 13.1. The van der Waals surface area contributed by atoms with E-state index in [9.17, 15) is 8.78 Å². The van der Waals surface area contributed by atoms with Crippen LogP contribution >= 0.6 is 0 Å². The van der Waals surface area contributed by atoms with Crippen LogP contribution in [-0.2, 0) is 6.54 Å². The number of aliphatic imine (C=N–C) groups is 1. The molecule has 0 spiro atoms. The Morgan fingerprint density at radius 1 is 1.04 bits per heavy atom. The summed E-state index contributed by atoms with van der Waals surface area (Å²) < 4.78 is 26.9. The van der Waals surface area contributed by atoms with Crippen LogP contribution in [0.5, 0.6) is 0 Å². The summed E-state index contributed by atoms with van der Waals surface area (Å²) in [5.74, 6) is -0.240. The van der Waals surface area contributed by atoms with Gasteiger partial charge in [-0.1, -0.05) is 6.92 Å². The van der Waals surface area contributed by atoms with Crippen molar-refractivity contribution in [2.75, 3.05) is 52.4 Å². The number of likely N-dealkylation sites (N-methyl/N-ethyl adjacent to an activating group) is 1. The van der Waals surface area contributed by atoms with Crippen molar-refractivity contribution in [3.63, 3.8) is 0 Å². The molecule has 0 atom stereocenters. The zero-order valence-corrected chi connectivity index (χ0v) is 16.6. The van der Waals surface area contributed by atoms with Crippen molar-refractivity contribution in [1.82, 2.24) is 20.4 Å². The van der Waals surface area contributed by atoms with E-state index < -0.39 is 11.6 Å². The van der Waals surface area contributed by atoms with E-state index >= 15 is 0 Å². The maximum Gasteiger partial charge on any atom is 0.191 e. The number of hydrogen-bond donors (Lipinski definition) is 2. The van der Waals surface area contributed by atoms with Gasteiger partial charge in [0.1, 0.15) is 11.6 Å². The molecule has 2 rings (SSSR count). The molecule has 0 amide bonds. The third-order valence-corrected chi connectivity index (χ3v) is 4.87. The Bertz CT molecular complexity index is 586. The first kappa shape index (κ1) is 21.6. The van der Waals surface area contributed by atoms with Crippen molar-refractivity contribution in [2.45, 2.75) is 33.2 Å². The van der Waals surface area contributed by atoms with E-state index in [2.05, 4.69) is 32.3 Å². The zero-order valence-electron chi connectivity index (χ0n) is 16.6.